The minimum Gasteiger partial charge on any atom is -0.508 e. The predicted octanol–water partition coefficient (Wildman–Crippen LogP) is 2.27. The number of benzene rings is 2. The number of phenols is 1. The summed E-state index contributed by atoms with van der Waals surface area (Å²) in [5, 5.41) is 10.3. The number of aromatic hydroxyl groups is 1. The van der Waals surface area contributed by atoms with Gasteiger partial charge in [-0.25, -0.2) is 15.2 Å². The Morgan fingerprint density at radius 3 is 2.36 bits per heavy atom. The maximum Gasteiger partial charge on any atom is 0.242 e. The molecule has 0 bridgehead atoms. The number of likely N-dealkylation sites (tertiary alicyclic amines) is 1. The number of carbonyl (C=O) groups is 1. The molecular weight excluding hydrogens is 321 g/mol. The van der Waals surface area contributed by atoms with Crippen molar-refractivity contribution < 1.29 is 14.3 Å². The summed E-state index contributed by atoms with van der Waals surface area (Å²) in [6, 6.07) is 12.5. The molecule has 0 aromatic heterocycles. The number of fused-ring (bicyclic) bond motifs is 1. The van der Waals surface area contributed by atoms with E-state index >= 15 is 0 Å². The normalized spacial score (nSPS) is 28.4. The first-order chi connectivity index (χ1) is 12.1. The minimum absolute atomic E-state index is 0.0498. The van der Waals surface area contributed by atoms with Gasteiger partial charge in [-0.05, 0) is 19.1 Å². The Balaban J connectivity index is 1.82. The third-order valence-electron chi connectivity index (χ3n) is 5.25. The molecule has 0 aliphatic carbocycles. The second-order valence-corrected chi connectivity index (χ2v) is 6.47. The zero-order chi connectivity index (χ0) is 17.6. The first-order valence-corrected chi connectivity index (χ1v) is 8.47. The monoisotopic (exact) mass is 341 g/mol. The van der Waals surface area contributed by atoms with Gasteiger partial charge in [-0.3, -0.25) is 4.79 Å². The highest BCUT2D eigenvalue weighted by Crippen LogP contribution is 2.48. The molecule has 2 saturated heterocycles. The summed E-state index contributed by atoms with van der Waals surface area (Å²) in [5.74, 6) is -0.428. The van der Waals surface area contributed by atoms with Crippen LogP contribution in [0, 0.1) is 11.7 Å². The van der Waals surface area contributed by atoms with Gasteiger partial charge in [0.2, 0.25) is 5.91 Å². The van der Waals surface area contributed by atoms with Crippen molar-refractivity contribution in [2.75, 3.05) is 6.54 Å². The Morgan fingerprint density at radius 2 is 1.68 bits per heavy atom. The van der Waals surface area contributed by atoms with E-state index in [0.29, 0.717) is 17.7 Å². The van der Waals surface area contributed by atoms with Gasteiger partial charge in [-0.2, -0.15) is 0 Å². The SMILES string of the molecule is CCN1C(=O)C2NNC(c3ccccc3O)C2C1c1ccccc1F. The van der Waals surface area contributed by atoms with Gasteiger partial charge >= 0.3 is 0 Å². The number of hydrazine groups is 1. The summed E-state index contributed by atoms with van der Waals surface area (Å²) in [7, 11) is 0. The van der Waals surface area contributed by atoms with Crippen LogP contribution in [0.15, 0.2) is 48.5 Å². The molecule has 2 aliphatic heterocycles. The van der Waals surface area contributed by atoms with Gasteiger partial charge in [0, 0.05) is 23.6 Å². The zero-order valence-corrected chi connectivity index (χ0v) is 13.8. The lowest BCUT2D eigenvalue weighted by atomic mass is 9.83. The number of carbonyl (C=O) groups excluding carboxylic acids is 1. The molecule has 2 aromatic rings. The number of nitrogens with zero attached hydrogens (tertiary/aromatic N) is 1. The number of hydrogen-bond donors (Lipinski definition) is 3. The van der Waals surface area contributed by atoms with Crippen molar-refractivity contribution in [1.82, 2.24) is 15.8 Å². The Kier molecular flexibility index (Phi) is 3.94. The van der Waals surface area contributed by atoms with Gasteiger partial charge in [-0.1, -0.05) is 36.4 Å². The Bertz CT molecular complexity index is 813. The quantitative estimate of drug-likeness (QED) is 0.801. The van der Waals surface area contributed by atoms with Gasteiger partial charge < -0.3 is 10.0 Å². The number of likely N-dealkylation sites (N-methyl/N-ethyl adjacent to an activating group) is 1. The molecule has 2 heterocycles. The highest BCUT2D eigenvalue weighted by molar-refractivity contribution is 5.86. The predicted molar refractivity (Wildman–Crippen MR) is 90.9 cm³/mol. The molecule has 5 nitrogen and oxygen atoms in total. The summed E-state index contributed by atoms with van der Waals surface area (Å²) in [4.78, 5) is 14.5. The van der Waals surface area contributed by atoms with E-state index < -0.39 is 12.1 Å². The van der Waals surface area contributed by atoms with E-state index in [-0.39, 0.29) is 29.4 Å². The molecule has 3 N–H and O–H groups in total. The number of nitrogens with one attached hydrogen (secondary N) is 2. The first-order valence-electron chi connectivity index (χ1n) is 8.47. The maximum atomic E-state index is 14.5. The fourth-order valence-electron chi connectivity index (χ4n) is 4.16. The van der Waals surface area contributed by atoms with Gasteiger partial charge in [0.25, 0.3) is 0 Å². The van der Waals surface area contributed by atoms with Gasteiger partial charge in [0.15, 0.2) is 0 Å². The highest BCUT2D eigenvalue weighted by atomic mass is 19.1. The number of amides is 1. The Labute approximate surface area is 145 Å². The van der Waals surface area contributed by atoms with Crippen LogP contribution in [0.3, 0.4) is 0 Å². The number of halogens is 1. The third-order valence-corrected chi connectivity index (χ3v) is 5.25. The van der Waals surface area contributed by atoms with Gasteiger partial charge in [0.05, 0.1) is 12.1 Å². The summed E-state index contributed by atoms with van der Waals surface area (Å²) < 4.78 is 14.5. The van der Waals surface area contributed by atoms with Gasteiger partial charge in [-0.15, -0.1) is 0 Å². The lowest BCUT2D eigenvalue weighted by Gasteiger charge is -2.30. The van der Waals surface area contributed by atoms with Crippen molar-refractivity contribution in [1.29, 1.82) is 0 Å². The molecular formula is C19H20FN3O2. The maximum absolute atomic E-state index is 14.5. The van der Waals surface area contributed by atoms with Crippen LogP contribution in [0.25, 0.3) is 0 Å². The zero-order valence-electron chi connectivity index (χ0n) is 13.8. The second-order valence-electron chi connectivity index (χ2n) is 6.47. The second kappa shape index (κ2) is 6.13. The van der Waals surface area contributed by atoms with Gasteiger partial charge in [0.1, 0.15) is 17.6 Å². The standard InChI is InChI=1S/C19H20FN3O2/c1-2-23-18(11-7-3-5-9-13(11)20)15-16(21-22-17(15)19(23)25)12-8-4-6-10-14(12)24/h3-10,15-18,21-22,24H,2H2,1H3. The molecule has 0 saturated carbocycles. The molecule has 1 amide bonds. The first kappa shape index (κ1) is 16.1. The summed E-state index contributed by atoms with van der Waals surface area (Å²) in [5.41, 5.74) is 7.40. The van der Waals surface area contributed by atoms with Crippen LogP contribution in [0.2, 0.25) is 0 Å². The number of phenolic OH excluding ortho intramolecular Hbond substituents is 1. The molecule has 0 spiro atoms. The molecule has 2 fully saturated rings. The molecule has 4 unspecified atom stereocenters. The fraction of sp³-hybridized carbons (Fsp3) is 0.316. The van der Waals surface area contributed by atoms with Crippen molar-refractivity contribution in [3.8, 4) is 5.75 Å². The van der Waals surface area contributed by atoms with Crippen molar-refractivity contribution in [2.24, 2.45) is 5.92 Å². The molecule has 2 aliphatic rings. The third kappa shape index (κ3) is 2.41. The van der Waals surface area contributed by atoms with Crippen LogP contribution in [0.5, 0.6) is 5.75 Å². The summed E-state index contributed by atoms with van der Waals surface area (Å²) in [6.45, 7) is 2.40. The highest BCUT2D eigenvalue weighted by Gasteiger charge is 2.55. The largest absolute Gasteiger partial charge is 0.508 e. The van der Waals surface area contributed by atoms with E-state index in [2.05, 4.69) is 10.9 Å². The Morgan fingerprint density at radius 1 is 1.04 bits per heavy atom. The lowest BCUT2D eigenvalue weighted by molar-refractivity contribution is -0.130. The smallest absolute Gasteiger partial charge is 0.242 e. The van der Waals surface area contributed by atoms with Crippen LogP contribution in [0.4, 0.5) is 4.39 Å². The molecule has 2 aromatic carbocycles. The van der Waals surface area contributed by atoms with Crippen LogP contribution in [0.1, 0.15) is 30.1 Å². The van der Waals surface area contributed by atoms with Crippen molar-refractivity contribution in [2.45, 2.75) is 25.0 Å². The minimum atomic E-state index is -0.450. The average molecular weight is 341 g/mol. The topological polar surface area (TPSA) is 64.6 Å². The van der Waals surface area contributed by atoms with Crippen molar-refractivity contribution >= 4 is 5.91 Å². The average Bonchev–Trinajstić information content (AvgIpc) is 3.15. The fourth-order valence-corrected chi connectivity index (χ4v) is 4.16. The lowest BCUT2D eigenvalue weighted by Crippen LogP contribution is -2.41. The van der Waals surface area contributed by atoms with E-state index in [1.54, 1.807) is 35.2 Å². The van der Waals surface area contributed by atoms with E-state index in [9.17, 15) is 14.3 Å². The molecule has 4 rings (SSSR count). The Hall–Kier alpha value is -2.44. The van der Waals surface area contributed by atoms with E-state index in [1.165, 1.54) is 6.07 Å². The number of hydrogen-bond acceptors (Lipinski definition) is 4. The molecule has 25 heavy (non-hydrogen) atoms. The van der Waals surface area contributed by atoms with Crippen LogP contribution in [-0.2, 0) is 4.79 Å². The van der Waals surface area contributed by atoms with E-state index in [0.717, 1.165) is 0 Å². The van der Waals surface area contributed by atoms with Crippen LogP contribution < -0.4 is 10.9 Å². The molecule has 130 valence electrons. The summed E-state index contributed by atoms with van der Waals surface area (Å²) >= 11 is 0. The number of rotatable bonds is 3. The number of para-hydroxylation sites is 1. The van der Waals surface area contributed by atoms with Crippen LogP contribution in [-0.4, -0.2) is 28.5 Å². The van der Waals surface area contributed by atoms with E-state index in [4.69, 9.17) is 0 Å². The van der Waals surface area contributed by atoms with Crippen LogP contribution >= 0.6 is 0 Å². The van der Waals surface area contributed by atoms with Crippen molar-refractivity contribution in [3.63, 3.8) is 0 Å². The van der Waals surface area contributed by atoms with E-state index in [1.807, 2.05) is 19.1 Å². The molecule has 4 atom stereocenters. The molecule has 6 heteroatoms. The molecule has 0 radical (unpaired) electrons. The summed E-state index contributed by atoms with van der Waals surface area (Å²) in [6.07, 6.45) is 0. The van der Waals surface area contributed by atoms with Crippen molar-refractivity contribution in [3.05, 3.63) is 65.5 Å².